The zero-order valence-corrected chi connectivity index (χ0v) is 8.85. The Morgan fingerprint density at radius 1 is 1.38 bits per heavy atom. The van der Waals surface area contributed by atoms with Gasteiger partial charge in [-0.15, -0.1) is 0 Å². The minimum atomic E-state index is 0.377. The Balaban J connectivity index is 1.90. The standard InChI is InChI=1S/C11H13N5/c1-2-4-8(5-3-1)15-10-9-6-14-16-11(9)13-7-12-10/h2,4,6-8H,1,3,5H2,(H2,12,13,14,15,16)/t8-/m1/s1. The maximum Gasteiger partial charge on any atom is 0.160 e. The van der Waals surface area contributed by atoms with Crippen LogP contribution in [0.3, 0.4) is 0 Å². The minimum absolute atomic E-state index is 0.377. The average Bonchev–Trinajstić information content (AvgIpc) is 2.80. The number of nitrogens with one attached hydrogen (secondary N) is 2. The quantitative estimate of drug-likeness (QED) is 0.750. The molecule has 0 aromatic carbocycles. The van der Waals surface area contributed by atoms with Gasteiger partial charge in [0.15, 0.2) is 5.65 Å². The topological polar surface area (TPSA) is 66.5 Å². The van der Waals surface area contributed by atoms with Gasteiger partial charge in [-0.1, -0.05) is 12.2 Å². The van der Waals surface area contributed by atoms with Crippen LogP contribution in [0.2, 0.25) is 0 Å². The molecule has 1 aliphatic rings. The van der Waals surface area contributed by atoms with E-state index >= 15 is 0 Å². The Bertz CT molecular complexity index is 516. The maximum atomic E-state index is 4.26. The summed E-state index contributed by atoms with van der Waals surface area (Å²) in [4.78, 5) is 8.36. The van der Waals surface area contributed by atoms with Gasteiger partial charge in [-0.25, -0.2) is 9.97 Å². The third-order valence-electron chi connectivity index (χ3n) is 2.82. The first-order chi connectivity index (χ1) is 7.93. The fourth-order valence-electron chi connectivity index (χ4n) is 1.99. The number of allylic oxidation sites excluding steroid dienone is 1. The molecule has 0 bridgehead atoms. The fraction of sp³-hybridized carbons (Fsp3) is 0.364. The summed E-state index contributed by atoms with van der Waals surface area (Å²) in [6, 6.07) is 0.377. The molecule has 0 spiro atoms. The highest BCUT2D eigenvalue weighted by Crippen LogP contribution is 2.20. The van der Waals surface area contributed by atoms with Crippen molar-refractivity contribution in [3.63, 3.8) is 0 Å². The van der Waals surface area contributed by atoms with E-state index < -0.39 is 0 Å². The van der Waals surface area contributed by atoms with Crippen molar-refractivity contribution < 1.29 is 0 Å². The summed E-state index contributed by atoms with van der Waals surface area (Å²) in [5.41, 5.74) is 0.775. The molecule has 1 aliphatic carbocycles. The van der Waals surface area contributed by atoms with E-state index in [1.54, 1.807) is 12.5 Å². The molecule has 0 amide bonds. The predicted molar refractivity (Wildman–Crippen MR) is 62.1 cm³/mol. The van der Waals surface area contributed by atoms with Gasteiger partial charge in [0.05, 0.1) is 11.6 Å². The highest BCUT2D eigenvalue weighted by atomic mass is 15.2. The Hall–Kier alpha value is -1.91. The Labute approximate surface area is 93.0 Å². The SMILES string of the molecule is C1=C[C@@H](Nc2ncnc3[nH]ncc23)CCC1. The fourth-order valence-corrected chi connectivity index (χ4v) is 1.99. The van der Waals surface area contributed by atoms with Crippen molar-refractivity contribution >= 4 is 16.9 Å². The van der Waals surface area contributed by atoms with E-state index in [2.05, 4.69) is 37.6 Å². The number of aromatic nitrogens is 4. The zero-order chi connectivity index (χ0) is 10.8. The summed E-state index contributed by atoms with van der Waals surface area (Å²) in [7, 11) is 0. The van der Waals surface area contributed by atoms with Gasteiger partial charge in [0.25, 0.3) is 0 Å². The van der Waals surface area contributed by atoms with Gasteiger partial charge in [0.2, 0.25) is 0 Å². The molecule has 0 saturated carbocycles. The normalized spacial score (nSPS) is 20.1. The van der Waals surface area contributed by atoms with Crippen molar-refractivity contribution in [2.45, 2.75) is 25.3 Å². The lowest BCUT2D eigenvalue weighted by molar-refractivity contribution is 0.672. The second-order valence-electron chi connectivity index (χ2n) is 3.96. The lowest BCUT2D eigenvalue weighted by atomic mass is 10.0. The Morgan fingerprint density at radius 3 is 3.25 bits per heavy atom. The molecule has 2 aromatic heterocycles. The maximum absolute atomic E-state index is 4.26. The molecule has 0 radical (unpaired) electrons. The van der Waals surface area contributed by atoms with Gasteiger partial charge in [-0.3, -0.25) is 5.10 Å². The third kappa shape index (κ3) is 1.64. The monoisotopic (exact) mass is 215 g/mol. The number of anilines is 1. The van der Waals surface area contributed by atoms with Crippen molar-refractivity contribution in [3.05, 3.63) is 24.7 Å². The zero-order valence-electron chi connectivity index (χ0n) is 8.85. The van der Waals surface area contributed by atoms with E-state index in [0.717, 1.165) is 23.3 Å². The number of nitrogens with zero attached hydrogens (tertiary/aromatic N) is 3. The summed E-state index contributed by atoms with van der Waals surface area (Å²) in [5.74, 6) is 0.857. The van der Waals surface area contributed by atoms with E-state index in [9.17, 15) is 0 Å². The van der Waals surface area contributed by atoms with Crippen molar-refractivity contribution in [1.82, 2.24) is 20.2 Å². The molecule has 0 saturated heterocycles. The van der Waals surface area contributed by atoms with E-state index in [1.807, 2.05) is 0 Å². The highest BCUT2D eigenvalue weighted by Gasteiger charge is 2.11. The van der Waals surface area contributed by atoms with Crippen LogP contribution in [0, 0.1) is 0 Å². The largest absolute Gasteiger partial charge is 0.363 e. The first-order valence-corrected chi connectivity index (χ1v) is 5.51. The molecule has 3 rings (SSSR count). The lowest BCUT2D eigenvalue weighted by Crippen LogP contribution is -2.19. The van der Waals surface area contributed by atoms with Gasteiger partial charge in [0.1, 0.15) is 12.1 Å². The van der Waals surface area contributed by atoms with Crippen LogP contribution in [0.5, 0.6) is 0 Å². The van der Waals surface area contributed by atoms with Crippen LogP contribution >= 0.6 is 0 Å². The van der Waals surface area contributed by atoms with Gasteiger partial charge in [-0.2, -0.15) is 5.10 Å². The van der Waals surface area contributed by atoms with E-state index in [0.29, 0.717) is 6.04 Å². The molecular formula is C11H13N5. The van der Waals surface area contributed by atoms with Crippen LogP contribution in [0.15, 0.2) is 24.7 Å². The van der Waals surface area contributed by atoms with Crippen molar-refractivity contribution in [3.8, 4) is 0 Å². The number of rotatable bonds is 2. The molecule has 1 atom stereocenters. The number of aromatic amines is 1. The average molecular weight is 215 g/mol. The molecule has 5 heteroatoms. The van der Waals surface area contributed by atoms with E-state index in [1.165, 1.54) is 12.8 Å². The minimum Gasteiger partial charge on any atom is -0.363 e. The van der Waals surface area contributed by atoms with E-state index in [-0.39, 0.29) is 0 Å². The predicted octanol–water partition coefficient (Wildman–Crippen LogP) is 1.87. The highest BCUT2D eigenvalue weighted by molar-refractivity contribution is 5.85. The summed E-state index contributed by atoms with van der Waals surface area (Å²) in [6.07, 6.45) is 11.3. The number of hydrogen-bond donors (Lipinski definition) is 2. The molecule has 0 aliphatic heterocycles. The second kappa shape index (κ2) is 3.92. The number of hydrogen-bond acceptors (Lipinski definition) is 4. The van der Waals surface area contributed by atoms with Gasteiger partial charge in [-0.05, 0) is 19.3 Å². The third-order valence-corrected chi connectivity index (χ3v) is 2.82. The second-order valence-corrected chi connectivity index (χ2v) is 3.96. The van der Waals surface area contributed by atoms with Crippen LogP contribution in [0.25, 0.3) is 11.0 Å². The number of fused-ring (bicyclic) bond motifs is 1. The van der Waals surface area contributed by atoms with Gasteiger partial charge in [0, 0.05) is 6.04 Å². The molecule has 2 aromatic rings. The van der Waals surface area contributed by atoms with Crippen molar-refractivity contribution in [1.29, 1.82) is 0 Å². The first-order valence-electron chi connectivity index (χ1n) is 5.51. The summed E-state index contributed by atoms with van der Waals surface area (Å²) < 4.78 is 0. The molecule has 2 heterocycles. The van der Waals surface area contributed by atoms with Gasteiger partial charge >= 0.3 is 0 Å². The molecule has 0 unspecified atom stereocenters. The molecule has 16 heavy (non-hydrogen) atoms. The molecular weight excluding hydrogens is 202 g/mol. The van der Waals surface area contributed by atoms with E-state index in [4.69, 9.17) is 0 Å². The smallest absolute Gasteiger partial charge is 0.160 e. The van der Waals surface area contributed by atoms with Crippen LogP contribution in [0.1, 0.15) is 19.3 Å². The number of H-pyrrole nitrogens is 1. The lowest BCUT2D eigenvalue weighted by Gasteiger charge is -2.18. The summed E-state index contributed by atoms with van der Waals surface area (Å²) in [5, 5.41) is 11.2. The first kappa shape index (κ1) is 9.33. The molecule has 2 N–H and O–H groups in total. The molecule has 5 nitrogen and oxygen atoms in total. The summed E-state index contributed by atoms with van der Waals surface area (Å²) in [6.45, 7) is 0. The molecule has 82 valence electrons. The summed E-state index contributed by atoms with van der Waals surface area (Å²) >= 11 is 0. The van der Waals surface area contributed by atoms with Crippen molar-refractivity contribution in [2.24, 2.45) is 0 Å². The van der Waals surface area contributed by atoms with Gasteiger partial charge < -0.3 is 5.32 Å². The van der Waals surface area contributed by atoms with Crippen LogP contribution in [-0.4, -0.2) is 26.2 Å². The molecule has 0 fully saturated rings. The Kier molecular flexibility index (Phi) is 2.29. The Morgan fingerprint density at radius 2 is 2.38 bits per heavy atom. The van der Waals surface area contributed by atoms with Crippen LogP contribution < -0.4 is 5.32 Å². The van der Waals surface area contributed by atoms with Crippen LogP contribution in [0.4, 0.5) is 5.82 Å². The van der Waals surface area contributed by atoms with Crippen LogP contribution in [-0.2, 0) is 0 Å². The van der Waals surface area contributed by atoms with Crippen molar-refractivity contribution in [2.75, 3.05) is 5.32 Å².